The van der Waals surface area contributed by atoms with E-state index in [1.807, 2.05) is 0 Å². The van der Waals surface area contributed by atoms with Crippen LogP contribution in [0.2, 0.25) is 0 Å². The predicted octanol–water partition coefficient (Wildman–Crippen LogP) is 2.36. The first-order valence-electron chi connectivity index (χ1n) is 6.72. The molecule has 1 saturated heterocycles. The van der Waals surface area contributed by atoms with Gasteiger partial charge in [0, 0.05) is 24.8 Å². The van der Waals surface area contributed by atoms with Crippen molar-refractivity contribution in [2.45, 2.75) is 39.2 Å². The molecule has 17 heavy (non-hydrogen) atoms. The summed E-state index contributed by atoms with van der Waals surface area (Å²) in [6.45, 7) is 7.50. The molecule has 3 nitrogen and oxygen atoms in total. The Hall–Kier alpha value is -1.09. The number of nitrogens with zero attached hydrogens (tertiary/aromatic N) is 2. The molecule has 0 aliphatic carbocycles. The normalized spacial score (nSPS) is 20.6. The Kier molecular flexibility index (Phi) is 4.37. The van der Waals surface area contributed by atoms with Gasteiger partial charge in [-0.15, -0.1) is 0 Å². The standard InChI is InChI=1S/C14H23N3/c1-3-15-11-13-8-4-5-10-17(13)14-9-6-7-12(2)16-14/h6-7,9,13,15H,3-5,8,10-11H2,1-2H3. The van der Waals surface area contributed by atoms with Crippen LogP contribution in [0.25, 0.3) is 0 Å². The van der Waals surface area contributed by atoms with Gasteiger partial charge in [-0.3, -0.25) is 0 Å². The van der Waals surface area contributed by atoms with Crippen molar-refractivity contribution in [3.8, 4) is 0 Å². The number of aryl methyl sites for hydroxylation is 1. The Bertz CT molecular complexity index is 351. The molecule has 1 N–H and O–H groups in total. The zero-order valence-electron chi connectivity index (χ0n) is 10.9. The Labute approximate surface area is 104 Å². The second kappa shape index (κ2) is 6.01. The van der Waals surface area contributed by atoms with Gasteiger partial charge < -0.3 is 10.2 Å². The summed E-state index contributed by atoms with van der Waals surface area (Å²) in [4.78, 5) is 7.12. The Morgan fingerprint density at radius 3 is 3.06 bits per heavy atom. The van der Waals surface area contributed by atoms with E-state index in [9.17, 15) is 0 Å². The molecule has 2 rings (SSSR count). The number of hydrogen-bond acceptors (Lipinski definition) is 3. The molecule has 1 aromatic rings. The van der Waals surface area contributed by atoms with Crippen molar-refractivity contribution in [3.05, 3.63) is 23.9 Å². The summed E-state index contributed by atoms with van der Waals surface area (Å²) in [7, 11) is 0. The van der Waals surface area contributed by atoms with Crippen molar-refractivity contribution in [1.29, 1.82) is 0 Å². The molecular weight excluding hydrogens is 210 g/mol. The van der Waals surface area contributed by atoms with Crippen molar-refractivity contribution in [3.63, 3.8) is 0 Å². The highest BCUT2D eigenvalue weighted by Crippen LogP contribution is 2.22. The number of hydrogen-bond donors (Lipinski definition) is 1. The van der Waals surface area contributed by atoms with E-state index in [2.05, 4.69) is 47.2 Å². The van der Waals surface area contributed by atoms with E-state index in [1.54, 1.807) is 0 Å². The zero-order chi connectivity index (χ0) is 12.1. The van der Waals surface area contributed by atoms with Crippen LogP contribution in [0.3, 0.4) is 0 Å². The zero-order valence-corrected chi connectivity index (χ0v) is 10.9. The summed E-state index contributed by atoms with van der Waals surface area (Å²) in [5, 5.41) is 3.46. The summed E-state index contributed by atoms with van der Waals surface area (Å²) < 4.78 is 0. The molecule has 1 aliphatic heterocycles. The summed E-state index contributed by atoms with van der Waals surface area (Å²) >= 11 is 0. The van der Waals surface area contributed by atoms with E-state index in [1.165, 1.54) is 19.3 Å². The lowest BCUT2D eigenvalue weighted by atomic mass is 10.0. The number of nitrogens with one attached hydrogen (secondary N) is 1. The van der Waals surface area contributed by atoms with E-state index in [0.29, 0.717) is 6.04 Å². The summed E-state index contributed by atoms with van der Waals surface area (Å²) in [6.07, 6.45) is 3.92. The van der Waals surface area contributed by atoms with Gasteiger partial charge in [-0.1, -0.05) is 13.0 Å². The van der Waals surface area contributed by atoms with Crippen LogP contribution in [0.1, 0.15) is 31.9 Å². The number of aromatic nitrogens is 1. The molecule has 1 atom stereocenters. The monoisotopic (exact) mass is 233 g/mol. The van der Waals surface area contributed by atoms with Crippen LogP contribution in [-0.2, 0) is 0 Å². The lowest BCUT2D eigenvalue weighted by molar-refractivity contribution is 0.436. The van der Waals surface area contributed by atoms with Gasteiger partial charge in [0.25, 0.3) is 0 Å². The van der Waals surface area contributed by atoms with E-state index >= 15 is 0 Å². The molecule has 3 heteroatoms. The van der Waals surface area contributed by atoms with Crippen molar-refractivity contribution >= 4 is 5.82 Å². The topological polar surface area (TPSA) is 28.2 Å². The minimum absolute atomic E-state index is 0.609. The fourth-order valence-electron chi connectivity index (χ4n) is 2.51. The third-order valence-electron chi connectivity index (χ3n) is 3.42. The van der Waals surface area contributed by atoms with Crippen LogP contribution in [0.5, 0.6) is 0 Å². The molecule has 2 heterocycles. The van der Waals surface area contributed by atoms with Gasteiger partial charge in [0.1, 0.15) is 5.82 Å². The molecular formula is C14H23N3. The number of pyridine rings is 1. The lowest BCUT2D eigenvalue weighted by Crippen LogP contribution is -2.46. The van der Waals surface area contributed by atoms with Crippen molar-refractivity contribution < 1.29 is 0 Å². The summed E-state index contributed by atoms with van der Waals surface area (Å²) in [6, 6.07) is 6.92. The van der Waals surface area contributed by atoms with Crippen molar-refractivity contribution in [2.24, 2.45) is 0 Å². The molecule has 0 radical (unpaired) electrons. The molecule has 0 spiro atoms. The first-order valence-corrected chi connectivity index (χ1v) is 6.72. The molecule has 1 fully saturated rings. The molecule has 1 aromatic heterocycles. The third kappa shape index (κ3) is 3.19. The Balaban J connectivity index is 2.10. The van der Waals surface area contributed by atoms with Crippen molar-refractivity contribution in [2.75, 3.05) is 24.5 Å². The Morgan fingerprint density at radius 2 is 2.29 bits per heavy atom. The van der Waals surface area contributed by atoms with Crippen LogP contribution in [0.15, 0.2) is 18.2 Å². The van der Waals surface area contributed by atoms with E-state index in [0.717, 1.165) is 31.1 Å². The third-order valence-corrected chi connectivity index (χ3v) is 3.42. The van der Waals surface area contributed by atoms with Gasteiger partial charge in [0.15, 0.2) is 0 Å². The highest BCUT2D eigenvalue weighted by atomic mass is 15.2. The lowest BCUT2D eigenvalue weighted by Gasteiger charge is -2.37. The molecule has 1 aliphatic rings. The van der Waals surface area contributed by atoms with E-state index in [-0.39, 0.29) is 0 Å². The molecule has 0 amide bonds. The van der Waals surface area contributed by atoms with Gasteiger partial charge in [0.2, 0.25) is 0 Å². The SMILES string of the molecule is CCNCC1CCCCN1c1cccc(C)n1. The Morgan fingerprint density at radius 1 is 1.41 bits per heavy atom. The fourth-order valence-corrected chi connectivity index (χ4v) is 2.51. The largest absolute Gasteiger partial charge is 0.352 e. The van der Waals surface area contributed by atoms with Gasteiger partial charge >= 0.3 is 0 Å². The molecule has 0 aromatic carbocycles. The second-order valence-electron chi connectivity index (χ2n) is 4.79. The highest BCUT2D eigenvalue weighted by Gasteiger charge is 2.22. The molecule has 0 bridgehead atoms. The minimum Gasteiger partial charge on any atom is -0.352 e. The van der Waals surface area contributed by atoms with Gasteiger partial charge in [0.05, 0.1) is 0 Å². The van der Waals surface area contributed by atoms with Crippen LogP contribution < -0.4 is 10.2 Å². The molecule has 0 saturated carbocycles. The summed E-state index contributed by atoms with van der Waals surface area (Å²) in [5.74, 6) is 1.15. The van der Waals surface area contributed by atoms with Crippen LogP contribution in [-0.4, -0.2) is 30.7 Å². The van der Waals surface area contributed by atoms with Gasteiger partial charge in [-0.2, -0.15) is 0 Å². The number of anilines is 1. The van der Waals surface area contributed by atoms with Crippen LogP contribution in [0.4, 0.5) is 5.82 Å². The predicted molar refractivity (Wildman–Crippen MR) is 72.5 cm³/mol. The highest BCUT2D eigenvalue weighted by molar-refractivity contribution is 5.41. The van der Waals surface area contributed by atoms with Gasteiger partial charge in [-0.05, 0) is 44.9 Å². The molecule has 94 valence electrons. The average molecular weight is 233 g/mol. The maximum atomic E-state index is 4.65. The molecule has 1 unspecified atom stereocenters. The van der Waals surface area contributed by atoms with E-state index < -0.39 is 0 Å². The van der Waals surface area contributed by atoms with Crippen LogP contribution in [0, 0.1) is 6.92 Å². The first kappa shape index (κ1) is 12.4. The average Bonchev–Trinajstić information content (AvgIpc) is 2.37. The van der Waals surface area contributed by atoms with Gasteiger partial charge in [-0.25, -0.2) is 4.98 Å². The number of piperidine rings is 1. The second-order valence-corrected chi connectivity index (χ2v) is 4.79. The number of rotatable bonds is 4. The quantitative estimate of drug-likeness (QED) is 0.865. The van der Waals surface area contributed by atoms with E-state index in [4.69, 9.17) is 0 Å². The minimum atomic E-state index is 0.609. The van der Waals surface area contributed by atoms with Crippen LogP contribution >= 0.6 is 0 Å². The smallest absolute Gasteiger partial charge is 0.129 e. The first-order chi connectivity index (χ1) is 8.31. The van der Waals surface area contributed by atoms with Crippen molar-refractivity contribution in [1.82, 2.24) is 10.3 Å². The summed E-state index contributed by atoms with van der Waals surface area (Å²) in [5.41, 5.74) is 1.11. The fraction of sp³-hybridized carbons (Fsp3) is 0.643. The number of likely N-dealkylation sites (N-methyl/N-ethyl adjacent to an activating group) is 1. The maximum Gasteiger partial charge on any atom is 0.129 e. The maximum absolute atomic E-state index is 4.65.